The molecule has 1 nitrogen and oxygen atoms in total. The molecule has 1 aromatic rings. The van der Waals surface area contributed by atoms with Crippen molar-refractivity contribution in [3.63, 3.8) is 0 Å². The van der Waals surface area contributed by atoms with Crippen molar-refractivity contribution in [3.05, 3.63) is 23.5 Å². The van der Waals surface area contributed by atoms with Crippen LogP contribution in [0.4, 0.5) is 0 Å². The molecular formula is C13H21N. The number of nitrogens with one attached hydrogen (secondary N) is 1. The molecule has 0 spiro atoms. The molecule has 0 radical (unpaired) electrons. The number of aromatic amines is 1. The van der Waals surface area contributed by atoms with Gasteiger partial charge in [-0.3, -0.25) is 0 Å². The Morgan fingerprint density at radius 1 is 0.643 bits per heavy atom. The molecule has 2 rings (SSSR count). The Labute approximate surface area is 86.9 Å². The van der Waals surface area contributed by atoms with Crippen molar-refractivity contribution in [1.82, 2.24) is 4.98 Å². The summed E-state index contributed by atoms with van der Waals surface area (Å²) < 4.78 is 0. The van der Waals surface area contributed by atoms with E-state index in [0.29, 0.717) is 0 Å². The van der Waals surface area contributed by atoms with Crippen LogP contribution in [0.1, 0.15) is 56.3 Å². The van der Waals surface area contributed by atoms with E-state index in [2.05, 4.69) is 17.1 Å². The number of H-pyrrole nitrogens is 1. The molecule has 2 heterocycles. The molecule has 0 aliphatic carbocycles. The number of hydrogen-bond donors (Lipinski definition) is 1. The van der Waals surface area contributed by atoms with E-state index in [1.165, 1.54) is 69.2 Å². The lowest BCUT2D eigenvalue weighted by Gasteiger charge is -2.04. The van der Waals surface area contributed by atoms with Gasteiger partial charge in [-0.1, -0.05) is 32.1 Å². The highest BCUT2D eigenvalue weighted by molar-refractivity contribution is 5.13. The van der Waals surface area contributed by atoms with Crippen molar-refractivity contribution < 1.29 is 0 Å². The molecule has 0 aromatic carbocycles. The first-order valence-electron chi connectivity index (χ1n) is 6.12. The van der Waals surface area contributed by atoms with Crippen molar-refractivity contribution in [3.8, 4) is 0 Å². The van der Waals surface area contributed by atoms with E-state index in [1.807, 2.05) is 0 Å². The summed E-state index contributed by atoms with van der Waals surface area (Å²) in [5.41, 5.74) is 2.89. The first-order chi connectivity index (χ1) is 6.95. The summed E-state index contributed by atoms with van der Waals surface area (Å²) in [6.45, 7) is 0. The van der Waals surface area contributed by atoms with Crippen LogP contribution in [0.25, 0.3) is 0 Å². The maximum atomic E-state index is 3.53. The zero-order valence-corrected chi connectivity index (χ0v) is 9.02. The fraction of sp³-hybridized carbons (Fsp3) is 0.692. The Morgan fingerprint density at radius 3 is 1.57 bits per heavy atom. The zero-order chi connectivity index (χ0) is 9.64. The van der Waals surface area contributed by atoms with Crippen LogP contribution in [0.2, 0.25) is 0 Å². The van der Waals surface area contributed by atoms with Gasteiger partial charge in [-0.15, -0.1) is 0 Å². The van der Waals surface area contributed by atoms with E-state index in [4.69, 9.17) is 0 Å². The van der Waals surface area contributed by atoms with E-state index >= 15 is 0 Å². The minimum Gasteiger partial charge on any atom is -0.362 e. The monoisotopic (exact) mass is 191 g/mol. The zero-order valence-electron chi connectivity index (χ0n) is 9.02. The van der Waals surface area contributed by atoms with Gasteiger partial charge in [0.15, 0.2) is 0 Å². The number of rotatable bonds is 0. The van der Waals surface area contributed by atoms with E-state index < -0.39 is 0 Å². The Hall–Kier alpha value is -0.720. The summed E-state index contributed by atoms with van der Waals surface area (Å²) in [7, 11) is 0. The quantitative estimate of drug-likeness (QED) is 0.641. The molecular weight excluding hydrogens is 170 g/mol. The van der Waals surface area contributed by atoms with Crippen LogP contribution in [0.5, 0.6) is 0 Å². The Bertz CT molecular complexity index is 237. The van der Waals surface area contributed by atoms with E-state index in [0.717, 1.165) is 0 Å². The predicted molar refractivity (Wildman–Crippen MR) is 60.5 cm³/mol. The fourth-order valence-corrected chi connectivity index (χ4v) is 2.30. The molecule has 1 N–H and O–H groups in total. The molecule has 1 heteroatoms. The molecule has 2 bridgehead atoms. The smallest absolute Gasteiger partial charge is 0.0149 e. The Kier molecular flexibility index (Phi) is 3.67. The summed E-state index contributed by atoms with van der Waals surface area (Å²) >= 11 is 0. The summed E-state index contributed by atoms with van der Waals surface area (Å²) in [6, 6.07) is 4.54. The molecule has 1 aromatic heterocycles. The van der Waals surface area contributed by atoms with Gasteiger partial charge in [0, 0.05) is 11.4 Å². The third-order valence-electron chi connectivity index (χ3n) is 3.20. The summed E-state index contributed by atoms with van der Waals surface area (Å²) in [4.78, 5) is 3.53. The van der Waals surface area contributed by atoms with Crippen molar-refractivity contribution >= 4 is 0 Å². The normalized spacial score (nSPS) is 19.7. The fourth-order valence-electron chi connectivity index (χ4n) is 2.30. The average molecular weight is 191 g/mol. The third kappa shape index (κ3) is 2.90. The third-order valence-corrected chi connectivity index (χ3v) is 3.20. The maximum Gasteiger partial charge on any atom is 0.0149 e. The molecule has 78 valence electrons. The highest BCUT2D eigenvalue weighted by atomic mass is 14.7. The van der Waals surface area contributed by atoms with Crippen LogP contribution in [-0.4, -0.2) is 4.98 Å². The van der Waals surface area contributed by atoms with E-state index in [9.17, 15) is 0 Å². The van der Waals surface area contributed by atoms with Gasteiger partial charge in [-0.05, 0) is 37.8 Å². The standard InChI is InChI=1S/C13H21N/c1-2-4-6-8-12-10-11-13(14-12)9-7-5-3-1/h10-11,14H,1-9H2. The molecule has 0 atom stereocenters. The second-order valence-electron chi connectivity index (χ2n) is 4.48. The second kappa shape index (κ2) is 5.23. The van der Waals surface area contributed by atoms with Crippen LogP contribution < -0.4 is 0 Å². The van der Waals surface area contributed by atoms with Crippen LogP contribution in [-0.2, 0) is 12.8 Å². The second-order valence-corrected chi connectivity index (χ2v) is 4.48. The Balaban J connectivity index is 1.93. The number of hydrogen-bond acceptors (Lipinski definition) is 0. The molecule has 14 heavy (non-hydrogen) atoms. The first kappa shape index (κ1) is 9.82. The SMILES string of the molecule is c1cc2[nH]c1CCCCCCCCC2. The van der Waals surface area contributed by atoms with Gasteiger partial charge in [0.1, 0.15) is 0 Å². The predicted octanol–water partition coefficient (Wildman–Crippen LogP) is 3.84. The topological polar surface area (TPSA) is 15.8 Å². The Morgan fingerprint density at radius 2 is 1.07 bits per heavy atom. The molecule has 0 saturated carbocycles. The lowest BCUT2D eigenvalue weighted by Crippen LogP contribution is -1.91. The number of aromatic nitrogens is 1. The van der Waals surface area contributed by atoms with Gasteiger partial charge in [-0.2, -0.15) is 0 Å². The van der Waals surface area contributed by atoms with Gasteiger partial charge in [0.05, 0.1) is 0 Å². The maximum absolute atomic E-state index is 3.53. The van der Waals surface area contributed by atoms with Gasteiger partial charge in [0.2, 0.25) is 0 Å². The van der Waals surface area contributed by atoms with Gasteiger partial charge in [-0.25, -0.2) is 0 Å². The minimum absolute atomic E-state index is 1.25. The van der Waals surface area contributed by atoms with E-state index in [-0.39, 0.29) is 0 Å². The van der Waals surface area contributed by atoms with Gasteiger partial charge < -0.3 is 4.98 Å². The van der Waals surface area contributed by atoms with Crippen molar-refractivity contribution in [1.29, 1.82) is 0 Å². The lowest BCUT2D eigenvalue weighted by molar-refractivity contribution is 0.571. The molecule has 0 saturated heterocycles. The number of fused-ring (bicyclic) bond motifs is 2. The minimum atomic E-state index is 1.25. The van der Waals surface area contributed by atoms with E-state index in [1.54, 1.807) is 0 Å². The molecule has 0 unspecified atom stereocenters. The molecule has 1 aliphatic rings. The van der Waals surface area contributed by atoms with Crippen molar-refractivity contribution in [2.45, 2.75) is 57.8 Å². The van der Waals surface area contributed by atoms with Crippen LogP contribution in [0, 0.1) is 0 Å². The molecule has 1 aliphatic heterocycles. The molecule has 0 amide bonds. The lowest BCUT2D eigenvalue weighted by atomic mass is 10.1. The van der Waals surface area contributed by atoms with Gasteiger partial charge in [0.25, 0.3) is 0 Å². The van der Waals surface area contributed by atoms with Crippen LogP contribution in [0.15, 0.2) is 12.1 Å². The number of aryl methyl sites for hydroxylation is 2. The highest BCUT2D eigenvalue weighted by Gasteiger charge is 2.01. The highest BCUT2D eigenvalue weighted by Crippen LogP contribution is 2.14. The average Bonchev–Trinajstić information content (AvgIpc) is 2.61. The van der Waals surface area contributed by atoms with Gasteiger partial charge >= 0.3 is 0 Å². The first-order valence-corrected chi connectivity index (χ1v) is 6.12. The summed E-state index contributed by atoms with van der Waals surface area (Å²) in [5.74, 6) is 0. The van der Waals surface area contributed by atoms with Crippen LogP contribution >= 0.6 is 0 Å². The summed E-state index contributed by atoms with van der Waals surface area (Å²) in [6.07, 6.45) is 12.4. The summed E-state index contributed by atoms with van der Waals surface area (Å²) in [5, 5.41) is 0. The largest absolute Gasteiger partial charge is 0.362 e. The van der Waals surface area contributed by atoms with Crippen LogP contribution in [0.3, 0.4) is 0 Å². The van der Waals surface area contributed by atoms with Crippen molar-refractivity contribution in [2.24, 2.45) is 0 Å². The van der Waals surface area contributed by atoms with Crippen molar-refractivity contribution in [2.75, 3.05) is 0 Å². The molecule has 0 fully saturated rings.